The summed E-state index contributed by atoms with van der Waals surface area (Å²) in [5.41, 5.74) is 0.985. The second kappa shape index (κ2) is 7.49. The summed E-state index contributed by atoms with van der Waals surface area (Å²) in [6, 6.07) is 1.96. The fraction of sp³-hybridized carbons (Fsp3) is 0.786. The number of aliphatic hydroxyl groups excluding tert-OH is 1. The van der Waals surface area contributed by atoms with Gasteiger partial charge in [0.05, 0.1) is 11.8 Å². The van der Waals surface area contributed by atoms with Gasteiger partial charge in [-0.3, -0.25) is 4.68 Å². The molecule has 0 spiro atoms. The van der Waals surface area contributed by atoms with Gasteiger partial charge in [-0.25, -0.2) is 0 Å². The van der Waals surface area contributed by atoms with E-state index in [-0.39, 0.29) is 6.10 Å². The molecule has 1 aromatic heterocycles. The first-order valence-electron chi connectivity index (χ1n) is 6.94. The summed E-state index contributed by atoms with van der Waals surface area (Å²) in [5, 5.41) is 14.8. The number of hydrogen-bond acceptors (Lipinski definition) is 2. The van der Waals surface area contributed by atoms with Gasteiger partial charge in [0, 0.05) is 12.7 Å². The van der Waals surface area contributed by atoms with Gasteiger partial charge >= 0.3 is 0 Å². The van der Waals surface area contributed by atoms with E-state index in [1.807, 2.05) is 10.7 Å². The lowest BCUT2D eigenvalue weighted by Crippen LogP contribution is -2.17. The Hall–Kier alpha value is -0.830. The van der Waals surface area contributed by atoms with Crippen molar-refractivity contribution in [2.75, 3.05) is 0 Å². The quantitative estimate of drug-likeness (QED) is 0.752. The van der Waals surface area contributed by atoms with Crippen LogP contribution in [-0.4, -0.2) is 14.9 Å². The Morgan fingerprint density at radius 3 is 2.35 bits per heavy atom. The molecule has 0 amide bonds. The molecule has 1 aromatic rings. The first-order chi connectivity index (χ1) is 8.24. The van der Waals surface area contributed by atoms with Crippen molar-refractivity contribution >= 4 is 0 Å². The molecule has 98 valence electrons. The molecule has 3 nitrogen and oxygen atoms in total. The van der Waals surface area contributed by atoms with Crippen molar-refractivity contribution in [3.05, 3.63) is 18.0 Å². The minimum absolute atomic E-state index is 0.357. The van der Waals surface area contributed by atoms with E-state index in [0.717, 1.165) is 44.3 Å². The van der Waals surface area contributed by atoms with Gasteiger partial charge in [-0.2, -0.15) is 5.10 Å². The van der Waals surface area contributed by atoms with Crippen LogP contribution in [0.3, 0.4) is 0 Å². The molecule has 17 heavy (non-hydrogen) atoms. The monoisotopic (exact) mass is 238 g/mol. The van der Waals surface area contributed by atoms with Gasteiger partial charge in [0.15, 0.2) is 0 Å². The average molecular weight is 238 g/mol. The molecule has 3 heteroatoms. The topological polar surface area (TPSA) is 38.1 Å². The van der Waals surface area contributed by atoms with Crippen LogP contribution >= 0.6 is 0 Å². The summed E-state index contributed by atoms with van der Waals surface area (Å²) in [6.07, 6.45) is 6.92. The lowest BCUT2D eigenvalue weighted by atomic mass is 9.90. The van der Waals surface area contributed by atoms with E-state index in [4.69, 9.17) is 0 Å². The Labute approximate surface area is 105 Å². The van der Waals surface area contributed by atoms with Crippen molar-refractivity contribution < 1.29 is 5.11 Å². The van der Waals surface area contributed by atoms with Crippen LogP contribution in [0.1, 0.15) is 64.7 Å². The zero-order valence-corrected chi connectivity index (χ0v) is 11.4. The second-order valence-corrected chi connectivity index (χ2v) is 4.76. The van der Waals surface area contributed by atoms with Gasteiger partial charge in [0.25, 0.3) is 0 Å². The lowest BCUT2D eigenvalue weighted by molar-refractivity contribution is 0.0876. The summed E-state index contributed by atoms with van der Waals surface area (Å²) in [6.45, 7) is 7.38. The molecule has 1 N–H and O–H groups in total. The third-order valence-electron chi connectivity index (χ3n) is 3.25. The first kappa shape index (κ1) is 14.2. The smallest absolute Gasteiger partial charge is 0.0984 e. The molecule has 0 bridgehead atoms. The molecule has 0 aliphatic heterocycles. The van der Waals surface area contributed by atoms with Crippen molar-refractivity contribution in [2.24, 2.45) is 5.92 Å². The fourth-order valence-electron chi connectivity index (χ4n) is 2.44. The number of aryl methyl sites for hydroxylation is 1. The SMILES string of the molecule is CCCC(CCC)C(O)c1ccnn1CCC. The molecular formula is C14H26N2O. The average Bonchev–Trinajstić information content (AvgIpc) is 2.77. The third kappa shape index (κ3) is 3.84. The summed E-state index contributed by atoms with van der Waals surface area (Å²) in [5.74, 6) is 0.373. The van der Waals surface area contributed by atoms with Crippen LogP contribution in [0.4, 0.5) is 0 Å². The van der Waals surface area contributed by atoms with Crippen LogP contribution in [-0.2, 0) is 6.54 Å². The molecule has 1 rings (SSSR count). The number of aromatic nitrogens is 2. The highest BCUT2D eigenvalue weighted by molar-refractivity contribution is 5.06. The van der Waals surface area contributed by atoms with Crippen molar-refractivity contribution in [3.8, 4) is 0 Å². The van der Waals surface area contributed by atoms with Crippen LogP contribution in [0.5, 0.6) is 0 Å². The molecule has 0 saturated heterocycles. The van der Waals surface area contributed by atoms with Gasteiger partial charge in [0.2, 0.25) is 0 Å². The summed E-state index contributed by atoms with van der Waals surface area (Å²) in [4.78, 5) is 0. The molecular weight excluding hydrogens is 212 g/mol. The standard InChI is InChI=1S/C14H26N2O/c1-4-7-12(8-5-2)14(17)13-9-10-15-16(13)11-6-3/h9-10,12,14,17H,4-8,11H2,1-3H3. The van der Waals surface area contributed by atoms with Crippen LogP contribution in [0.25, 0.3) is 0 Å². The molecule has 1 atom stereocenters. The normalized spacial score (nSPS) is 13.2. The van der Waals surface area contributed by atoms with Crippen LogP contribution in [0.15, 0.2) is 12.3 Å². The summed E-state index contributed by atoms with van der Waals surface area (Å²) < 4.78 is 1.95. The predicted octanol–water partition coefficient (Wildman–Crippen LogP) is 3.54. The van der Waals surface area contributed by atoms with Crippen molar-refractivity contribution in [1.29, 1.82) is 0 Å². The molecule has 0 aliphatic carbocycles. The summed E-state index contributed by atoms with van der Waals surface area (Å²) >= 11 is 0. The van der Waals surface area contributed by atoms with Crippen LogP contribution in [0.2, 0.25) is 0 Å². The second-order valence-electron chi connectivity index (χ2n) is 4.76. The maximum atomic E-state index is 10.5. The van der Waals surface area contributed by atoms with Gasteiger partial charge in [0.1, 0.15) is 0 Å². The van der Waals surface area contributed by atoms with Crippen molar-refractivity contribution in [3.63, 3.8) is 0 Å². The Balaban J connectivity index is 2.76. The molecule has 0 radical (unpaired) electrons. The highest BCUT2D eigenvalue weighted by Gasteiger charge is 2.22. The Morgan fingerprint density at radius 2 is 1.82 bits per heavy atom. The number of aliphatic hydroxyl groups is 1. The summed E-state index contributed by atoms with van der Waals surface area (Å²) in [7, 11) is 0. The minimum Gasteiger partial charge on any atom is -0.387 e. The van der Waals surface area contributed by atoms with Crippen LogP contribution in [0, 0.1) is 5.92 Å². The Morgan fingerprint density at radius 1 is 1.18 bits per heavy atom. The van der Waals surface area contributed by atoms with E-state index in [1.54, 1.807) is 6.20 Å². The Bertz CT molecular complexity index is 303. The van der Waals surface area contributed by atoms with E-state index < -0.39 is 0 Å². The predicted molar refractivity (Wildman–Crippen MR) is 70.8 cm³/mol. The zero-order valence-electron chi connectivity index (χ0n) is 11.4. The van der Waals surface area contributed by atoms with Gasteiger partial charge in [-0.05, 0) is 31.2 Å². The van der Waals surface area contributed by atoms with Crippen molar-refractivity contribution in [2.45, 2.75) is 65.5 Å². The molecule has 0 fully saturated rings. The Kier molecular flexibility index (Phi) is 6.27. The maximum absolute atomic E-state index is 10.5. The maximum Gasteiger partial charge on any atom is 0.0984 e. The number of rotatable bonds is 8. The fourth-order valence-corrected chi connectivity index (χ4v) is 2.44. The highest BCUT2D eigenvalue weighted by atomic mass is 16.3. The van der Waals surface area contributed by atoms with E-state index >= 15 is 0 Å². The first-order valence-corrected chi connectivity index (χ1v) is 6.94. The molecule has 0 saturated carbocycles. The molecule has 1 unspecified atom stereocenters. The van der Waals surface area contributed by atoms with E-state index in [0.29, 0.717) is 5.92 Å². The van der Waals surface area contributed by atoms with E-state index in [2.05, 4.69) is 25.9 Å². The van der Waals surface area contributed by atoms with Gasteiger partial charge in [-0.15, -0.1) is 0 Å². The highest BCUT2D eigenvalue weighted by Crippen LogP contribution is 2.29. The molecule has 1 heterocycles. The van der Waals surface area contributed by atoms with Gasteiger partial charge in [-0.1, -0.05) is 33.6 Å². The van der Waals surface area contributed by atoms with Crippen LogP contribution < -0.4 is 0 Å². The number of hydrogen-bond donors (Lipinski definition) is 1. The number of nitrogens with zero attached hydrogens (tertiary/aromatic N) is 2. The largest absolute Gasteiger partial charge is 0.387 e. The van der Waals surface area contributed by atoms with E-state index in [9.17, 15) is 5.11 Å². The molecule has 0 aromatic carbocycles. The van der Waals surface area contributed by atoms with Crippen molar-refractivity contribution in [1.82, 2.24) is 9.78 Å². The minimum atomic E-state index is -0.357. The third-order valence-corrected chi connectivity index (χ3v) is 3.25. The molecule has 0 aliphatic rings. The zero-order chi connectivity index (χ0) is 12.7. The van der Waals surface area contributed by atoms with E-state index in [1.165, 1.54) is 0 Å². The lowest BCUT2D eigenvalue weighted by Gasteiger charge is -2.23. The van der Waals surface area contributed by atoms with Gasteiger partial charge < -0.3 is 5.11 Å².